The highest BCUT2D eigenvalue weighted by Gasteiger charge is 2.60. The fraction of sp³-hybridized carbons (Fsp3) is 0.961. The smallest absolute Gasteiger partial charge is 0.364 e. The first kappa shape index (κ1) is 90.9. The summed E-state index contributed by atoms with van der Waals surface area (Å²) in [6.45, 7) is 2.25. The standard InChI is InChI=1S/C76H144N2O21/c1-4-6-8-10-12-14-16-18-20-21-22-23-24-25-26-27-28-29-30-31-32-33-34-35-36-38-40-42-44-46-48-50-63(86)78-57(58(83)49-47-45-43-41-39-37-19-17-15-13-11-9-7-5-2)55-94-73-68(90)67(89)70(62(54-81)96-73)97-74-69(91)72(66(88)61(53-80)95-74)99-76(75(92)93)51-59(84)64(77-56(3)82)71(98-76)65(87)60(85)52-79/h57-62,64-74,79-81,83-85,87-91H,4-55H2,1-3H3,(H,77,82)(H,78,86)(H,92,93). The maximum atomic E-state index is 13.5. The number of carbonyl (C=O) groups excluding carboxylic acids is 2. The fourth-order valence-electron chi connectivity index (χ4n) is 14.2. The molecule has 0 bridgehead atoms. The van der Waals surface area contributed by atoms with E-state index in [-0.39, 0.29) is 18.9 Å². The zero-order chi connectivity index (χ0) is 72.5. The maximum Gasteiger partial charge on any atom is 0.364 e. The van der Waals surface area contributed by atoms with Crippen molar-refractivity contribution in [2.24, 2.45) is 0 Å². The van der Waals surface area contributed by atoms with Crippen LogP contribution in [0, 0.1) is 0 Å². The van der Waals surface area contributed by atoms with Crippen molar-refractivity contribution in [3.05, 3.63) is 0 Å². The van der Waals surface area contributed by atoms with Gasteiger partial charge < -0.3 is 100 Å². The largest absolute Gasteiger partial charge is 0.477 e. The molecule has 18 atom stereocenters. The normalized spacial score (nSPS) is 27.0. The van der Waals surface area contributed by atoms with Gasteiger partial charge in [0, 0.05) is 19.8 Å². The Labute approximate surface area is 595 Å². The van der Waals surface area contributed by atoms with E-state index in [0.717, 1.165) is 51.9 Å². The molecule has 0 radical (unpaired) electrons. The van der Waals surface area contributed by atoms with Crippen molar-refractivity contribution >= 4 is 17.8 Å². The van der Waals surface area contributed by atoms with Crippen LogP contribution in [0.15, 0.2) is 0 Å². The Kier molecular flexibility index (Phi) is 51.5. The average Bonchev–Trinajstić information content (AvgIpc) is 0.753. The number of aliphatic hydroxyl groups is 11. The predicted molar refractivity (Wildman–Crippen MR) is 380 cm³/mol. The topological polar surface area (TPSA) is 373 Å². The van der Waals surface area contributed by atoms with E-state index in [9.17, 15) is 75.7 Å². The predicted octanol–water partition coefficient (Wildman–Crippen LogP) is 10.0. The molecule has 18 unspecified atom stereocenters. The summed E-state index contributed by atoms with van der Waals surface area (Å²) >= 11 is 0. The second-order valence-corrected chi connectivity index (χ2v) is 29.3. The minimum absolute atomic E-state index is 0.230. The summed E-state index contributed by atoms with van der Waals surface area (Å²) in [5, 5.41) is 136. The van der Waals surface area contributed by atoms with Gasteiger partial charge in [-0.1, -0.05) is 296 Å². The average molecular weight is 1420 g/mol. The molecule has 3 rings (SSSR count). The first-order chi connectivity index (χ1) is 47.9. The number of aliphatic carboxylic acids is 1. The molecule has 3 aliphatic rings. The number of unbranched alkanes of at least 4 members (excludes halogenated alkanes) is 43. The molecule has 14 N–H and O–H groups in total. The number of ether oxygens (including phenoxy) is 6. The third-order valence-electron chi connectivity index (χ3n) is 20.6. The van der Waals surface area contributed by atoms with Crippen LogP contribution in [0.25, 0.3) is 0 Å². The molecule has 584 valence electrons. The number of nitrogens with one attached hydrogen (secondary N) is 2. The molecule has 3 fully saturated rings. The van der Waals surface area contributed by atoms with Gasteiger partial charge in [0.2, 0.25) is 11.8 Å². The minimum Gasteiger partial charge on any atom is -0.477 e. The third kappa shape index (κ3) is 37.0. The van der Waals surface area contributed by atoms with Gasteiger partial charge in [-0.05, 0) is 12.8 Å². The highest BCUT2D eigenvalue weighted by atomic mass is 16.8. The first-order valence-corrected chi connectivity index (χ1v) is 39.9. The number of rotatable bonds is 63. The van der Waals surface area contributed by atoms with Crippen molar-refractivity contribution in [2.45, 2.75) is 439 Å². The Morgan fingerprint density at radius 1 is 0.485 bits per heavy atom. The second kappa shape index (κ2) is 56.1. The number of carboxylic acids is 1. The van der Waals surface area contributed by atoms with Crippen molar-refractivity contribution in [2.75, 3.05) is 26.4 Å². The van der Waals surface area contributed by atoms with Gasteiger partial charge in [-0.25, -0.2) is 4.79 Å². The molecular weight excluding hydrogens is 1280 g/mol. The first-order valence-electron chi connectivity index (χ1n) is 39.9. The molecule has 2 amide bonds. The molecule has 99 heavy (non-hydrogen) atoms. The Balaban J connectivity index is 1.46. The van der Waals surface area contributed by atoms with Crippen LogP contribution in [0.4, 0.5) is 0 Å². The van der Waals surface area contributed by atoms with Gasteiger partial charge >= 0.3 is 5.97 Å². The van der Waals surface area contributed by atoms with Crippen LogP contribution in [0.3, 0.4) is 0 Å². The number of hydrogen-bond donors (Lipinski definition) is 14. The van der Waals surface area contributed by atoms with Gasteiger partial charge in [0.05, 0.1) is 50.7 Å². The van der Waals surface area contributed by atoms with E-state index in [1.807, 2.05) is 0 Å². The number of amides is 2. The molecule has 3 aliphatic heterocycles. The summed E-state index contributed by atoms with van der Waals surface area (Å²) in [5.41, 5.74) is 0. The molecule has 0 saturated carbocycles. The number of hydrogen-bond acceptors (Lipinski definition) is 20. The van der Waals surface area contributed by atoms with Gasteiger partial charge in [0.15, 0.2) is 12.6 Å². The summed E-state index contributed by atoms with van der Waals surface area (Å²) in [5.74, 6) is -6.09. The van der Waals surface area contributed by atoms with Crippen LogP contribution in [0.5, 0.6) is 0 Å². The lowest BCUT2D eigenvalue weighted by molar-refractivity contribution is -0.386. The Bertz CT molecular complexity index is 1980. The van der Waals surface area contributed by atoms with E-state index in [2.05, 4.69) is 24.5 Å². The van der Waals surface area contributed by atoms with Crippen molar-refractivity contribution in [3.63, 3.8) is 0 Å². The van der Waals surface area contributed by atoms with Crippen molar-refractivity contribution in [3.8, 4) is 0 Å². The fourth-order valence-corrected chi connectivity index (χ4v) is 14.2. The minimum atomic E-state index is -3.08. The van der Waals surface area contributed by atoms with Crippen molar-refractivity contribution < 1.29 is 104 Å². The Morgan fingerprint density at radius 3 is 1.26 bits per heavy atom. The Hall–Kier alpha value is -2.27. The second-order valence-electron chi connectivity index (χ2n) is 29.3. The molecule has 0 aromatic carbocycles. The van der Waals surface area contributed by atoms with Crippen LogP contribution in [-0.4, -0.2) is 215 Å². The summed E-state index contributed by atoms with van der Waals surface area (Å²) in [6, 6.07) is -2.52. The highest BCUT2D eigenvalue weighted by Crippen LogP contribution is 2.39. The maximum absolute atomic E-state index is 13.5. The lowest BCUT2D eigenvalue weighted by Gasteiger charge is -2.50. The zero-order valence-corrected chi connectivity index (χ0v) is 61.6. The van der Waals surface area contributed by atoms with E-state index in [4.69, 9.17) is 28.4 Å². The van der Waals surface area contributed by atoms with Gasteiger partial charge in [-0.3, -0.25) is 9.59 Å². The van der Waals surface area contributed by atoms with Gasteiger partial charge in [-0.15, -0.1) is 0 Å². The lowest BCUT2D eigenvalue weighted by Crippen LogP contribution is -2.70. The third-order valence-corrected chi connectivity index (χ3v) is 20.6. The van der Waals surface area contributed by atoms with Crippen LogP contribution in [0.2, 0.25) is 0 Å². The molecule has 23 heteroatoms. The van der Waals surface area contributed by atoms with E-state index in [1.165, 1.54) is 231 Å². The van der Waals surface area contributed by atoms with Crippen molar-refractivity contribution in [1.29, 1.82) is 0 Å². The number of aliphatic hydroxyl groups excluding tert-OH is 11. The summed E-state index contributed by atoms with van der Waals surface area (Å²) in [4.78, 5) is 38.6. The van der Waals surface area contributed by atoms with Gasteiger partial charge in [0.1, 0.15) is 67.1 Å². The molecular formula is C76H144N2O21. The van der Waals surface area contributed by atoms with Crippen LogP contribution < -0.4 is 10.6 Å². The molecule has 23 nitrogen and oxygen atoms in total. The number of carbonyl (C=O) groups is 3. The van der Waals surface area contributed by atoms with E-state index < -0.39 is 148 Å². The van der Waals surface area contributed by atoms with E-state index in [0.29, 0.717) is 19.3 Å². The van der Waals surface area contributed by atoms with Gasteiger partial charge in [0.25, 0.3) is 5.79 Å². The SMILES string of the molecule is CCCCCCCCCCCCCCCCCCCCCCCCCCCCCCCCCC(=O)NC(COC1OC(CO)C(OC2OC(CO)C(O)C(OC3(C(=O)O)CC(O)C(NC(C)=O)C(C(O)C(O)CO)O3)C2O)C(O)C1O)C(O)CCCCCCCCCCCCCCCC. The molecule has 0 aliphatic carbocycles. The van der Waals surface area contributed by atoms with Crippen molar-refractivity contribution in [1.82, 2.24) is 10.6 Å². The summed E-state index contributed by atoms with van der Waals surface area (Å²) in [7, 11) is 0. The molecule has 3 saturated heterocycles. The zero-order valence-electron chi connectivity index (χ0n) is 61.6. The molecule has 0 aromatic rings. The monoisotopic (exact) mass is 1420 g/mol. The summed E-state index contributed by atoms with van der Waals surface area (Å²) in [6.07, 6.45) is 28.4. The lowest BCUT2D eigenvalue weighted by atomic mass is 9.88. The van der Waals surface area contributed by atoms with Gasteiger partial charge in [-0.2, -0.15) is 0 Å². The molecule has 0 spiro atoms. The van der Waals surface area contributed by atoms with E-state index in [1.54, 1.807) is 0 Å². The number of carboxylic acid groups (broad SMARTS) is 1. The van der Waals surface area contributed by atoms with Crippen LogP contribution >= 0.6 is 0 Å². The Morgan fingerprint density at radius 2 is 0.879 bits per heavy atom. The molecule has 0 aromatic heterocycles. The summed E-state index contributed by atoms with van der Waals surface area (Å²) < 4.78 is 34.9. The van der Waals surface area contributed by atoms with Crippen LogP contribution in [0.1, 0.15) is 329 Å². The molecule has 3 heterocycles. The highest BCUT2D eigenvalue weighted by molar-refractivity contribution is 5.77. The van der Waals surface area contributed by atoms with Crippen LogP contribution in [-0.2, 0) is 42.8 Å². The van der Waals surface area contributed by atoms with E-state index >= 15 is 0 Å². The quantitative estimate of drug-likeness (QED) is 0.0252.